The molecule has 2 aliphatic rings. The van der Waals surface area contributed by atoms with Gasteiger partial charge in [0.05, 0.1) is 23.3 Å². The average molecular weight is 492 g/mol. The van der Waals surface area contributed by atoms with Crippen LogP contribution in [0.4, 0.5) is 10.3 Å². The van der Waals surface area contributed by atoms with Gasteiger partial charge in [-0.15, -0.1) is 0 Å². The minimum Gasteiger partial charge on any atom is -0.464 e. The van der Waals surface area contributed by atoms with Crippen molar-refractivity contribution in [3.05, 3.63) is 70.8 Å². The molecule has 2 saturated heterocycles. The number of carbonyl (C=O) groups excluding carboxylic acids is 2. The Bertz CT molecular complexity index is 1250. The molecule has 0 amide bonds. The van der Waals surface area contributed by atoms with E-state index in [4.69, 9.17) is 4.42 Å². The molecular weight excluding hydrogens is 465 g/mol. The Hall–Kier alpha value is -3.26. The summed E-state index contributed by atoms with van der Waals surface area (Å²) in [6.07, 6.45) is 10.1. The van der Waals surface area contributed by atoms with Crippen LogP contribution < -0.4 is 4.90 Å². The number of hydrogen-bond acceptors (Lipinski definition) is 7. The predicted octanol–water partition coefficient (Wildman–Crippen LogP) is 5.69. The van der Waals surface area contributed by atoms with Crippen molar-refractivity contribution in [2.24, 2.45) is 5.92 Å². The van der Waals surface area contributed by atoms with Crippen LogP contribution in [-0.4, -0.2) is 34.0 Å². The van der Waals surface area contributed by atoms with Gasteiger partial charge in [-0.3, -0.25) is 9.59 Å². The fraction of sp³-hybridized carbons (Fsp3) is 0.333. The van der Waals surface area contributed by atoms with E-state index in [2.05, 4.69) is 14.9 Å². The van der Waals surface area contributed by atoms with Crippen LogP contribution in [0, 0.1) is 11.7 Å². The number of nitrogens with zero attached hydrogens (tertiary/aromatic N) is 3. The van der Waals surface area contributed by atoms with Crippen LogP contribution >= 0.6 is 11.8 Å². The molecule has 3 aromatic rings. The summed E-state index contributed by atoms with van der Waals surface area (Å²) in [6.45, 7) is 1.76. The van der Waals surface area contributed by atoms with Crippen LogP contribution in [0.3, 0.4) is 0 Å². The maximum Gasteiger partial charge on any atom is 0.225 e. The summed E-state index contributed by atoms with van der Waals surface area (Å²) in [5.41, 5.74) is 2.59. The van der Waals surface area contributed by atoms with Gasteiger partial charge in [0.2, 0.25) is 11.1 Å². The van der Waals surface area contributed by atoms with Crippen LogP contribution in [-0.2, 0) is 16.0 Å². The third-order valence-corrected chi connectivity index (χ3v) is 7.50. The summed E-state index contributed by atoms with van der Waals surface area (Å²) in [5.74, 6) is 1.60. The molecule has 8 heteroatoms. The highest BCUT2D eigenvalue weighted by molar-refractivity contribution is 8.18. The molecule has 2 fully saturated rings. The number of benzene rings is 1. The zero-order valence-electron chi connectivity index (χ0n) is 19.3. The smallest absolute Gasteiger partial charge is 0.225 e. The Kier molecular flexibility index (Phi) is 7.08. The molecule has 0 radical (unpaired) electrons. The molecule has 0 unspecified atom stereocenters. The van der Waals surface area contributed by atoms with Gasteiger partial charge in [0.25, 0.3) is 0 Å². The minimum absolute atomic E-state index is 0.0344. The van der Waals surface area contributed by atoms with Gasteiger partial charge in [0, 0.05) is 24.8 Å². The van der Waals surface area contributed by atoms with Crippen molar-refractivity contribution in [3.8, 4) is 11.3 Å². The van der Waals surface area contributed by atoms with Gasteiger partial charge in [0.15, 0.2) is 5.78 Å². The molecule has 0 spiro atoms. The van der Waals surface area contributed by atoms with E-state index in [1.807, 2.05) is 18.2 Å². The molecule has 5 rings (SSSR count). The Labute approximate surface area is 207 Å². The first-order chi connectivity index (χ1) is 17.0. The lowest BCUT2D eigenvalue weighted by atomic mass is 9.90. The molecule has 0 atom stereocenters. The number of anilines is 1. The first-order valence-electron chi connectivity index (χ1n) is 11.9. The fourth-order valence-electron chi connectivity index (χ4n) is 4.70. The van der Waals surface area contributed by atoms with E-state index in [1.54, 1.807) is 30.7 Å². The summed E-state index contributed by atoms with van der Waals surface area (Å²) < 4.78 is 19.3. The number of Topliss-reactive ketones (excluding diaryl/α,β-unsaturated/α-hetero) is 1. The van der Waals surface area contributed by atoms with Crippen molar-refractivity contribution in [2.75, 3.05) is 18.0 Å². The molecule has 6 nitrogen and oxygen atoms in total. The van der Waals surface area contributed by atoms with Gasteiger partial charge in [-0.05, 0) is 91.8 Å². The monoisotopic (exact) mass is 491 g/mol. The zero-order valence-corrected chi connectivity index (χ0v) is 20.1. The molecule has 4 heterocycles. The van der Waals surface area contributed by atoms with Crippen molar-refractivity contribution in [1.29, 1.82) is 0 Å². The summed E-state index contributed by atoms with van der Waals surface area (Å²) in [6, 6.07) is 10.4. The zero-order chi connectivity index (χ0) is 24.2. The number of hydrogen-bond donors (Lipinski definition) is 0. The van der Waals surface area contributed by atoms with E-state index in [0.29, 0.717) is 28.2 Å². The Morgan fingerprint density at radius 2 is 2.03 bits per heavy atom. The van der Waals surface area contributed by atoms with Crippen LogP contribution in [0.25, 0.3) is 17.4 Å². The van der Waals surface area contributed by atoms with Gasteiger partial charge < -0.3 is 9.32 Å². The number of aromatic nitrogens is 2. The predicted molar refractivity (Wildman–Crippen MR) is 134 cm³/mol. The van der Waals surface area contributed by atoms with Gasteiger partial charge >= 0.3 is 0 Å². The lowest BCUT2D eigenvalue weighted by Crippen LogP contribution is -2.35. The number of halogens is 1. The largest absolute Gasteiger partial charge is 0.464 e. The third-order valence-electron chi connectivity index (χ3n) is 6.56. The number of rotatable bonds is 7. The number of carbonyl (C=O) groups is 2. The van der Waals surface area contributed by atoms with Crippen LogP contribution in [0.1, 0.15) is 43.4 Å². The van der Waals surface area contributed by atoms with E-state index in [-0.39, 0.29) is 23.1 Å². The number of piperidine rings is 1. The van der Waals surface area contributed by atoms with Crippen molar-refractivity contribution < 1.29 is 18.4 Å². The molecule has 0 saturated carbocycles. The summed E-state index contributed by atoms with van der Waals surface area (Å²) in [5, 5.41) is -0.116. The molecule has 1 aromatic carbocycles. The highest BCUT2D eigenvalue weighted by atomic mass is 32.2. The quantitative estimate of drug-likeness (QED) is 0.310. The van der Waals surface area contributed by atoms with Gasteiger partial charge in [-0.25, -0.2) is 14.4 Å². The maximum absolute atomic E-state index is 13.8. The number of allylic oxidation sites excluding steroid dienone is 1. The number of thioether (sulfide) groups is 1. The van der Waals surface area contributed by atoms with Crippen LogP contribution in [0.2, 0.25) is 0 Å². The van der Waals surface area contributed by atoms with Crippen molar-refractivity contribution >= 4 is 34.7 Å². The third kappa shape index (κ3) is 5.70. The Balaban J connectivity index is 1.14. The second-order valence-corrected chi connectivity index (χ2v) is 10.1. The lowest BCUT2D eigenvalue weighted by molar-refractivity contribution is -0.119. The molecule has 0 bridgehead atoms. The normalized spacial score (nSPS) is 18.1. The van der Waals surface area contributed by atoms with Crippen molar-refractivity contribution in [2.45, 2.75) is 38.5 Å². The Morgan fingerprint density at radius 1 is 1.17 bits per heavy atom. The standard InChI is InChI=1S/C27H26FN3O3S/c28-20-7-6-19(22(15-20)24-5-2-14-34-24)4-1-3-18-9-12-31(13-10-18)27-29-11-8-21(30-27)16-25-23(32)17-26(33)35-25/h2,5-8,11,14-16,18H,1,3-4,9-10,12-13,17H2/b25-16-. The first kappa shape index (κ1) is 23.5. The fourth-order valence-corrected chi connectivity index (χ4v) is 5.52. The van der Waals surface area contributed by atoms with Crippen molar-refractivity contribution in [3.63, 3.8) is 0 Å². The highest BCUT2D eigenvalue weighted by Crippen LogP contribution is 2.31. The highest BCUT2D eigenvalue weighted by Gasteiger charge is 2.26. The number of ketones is 1. The van der Waals surface area contributed by atoms with E-state index in [9.17, 15) is 14.0 Å². The summed E-state index contributed by atoms with van der Waals surface area (Å²) >= 11 is 0.992. The van der Waals surface area contributed by atoms with E-state index in [1.165, 1.54) is 6.07 Å². The molecule has 2 aromatic heterocycles. The van der Waals surface area contributed by atoms with Crippen LogP contribution in [0.15, 0.2) is 58.2 Å². The second-order valence-electron chi connectivity index (χ2n) is 8.97. The topological polar surface area (TPSA) is 76.3 Å². The molecule has 0 aliphatic carbocycles. The van der Waals surface area contributed by atoms with Crippen LogP contribution in [0.5, 0.6) is 0 Å². The SMILES string of the molecule is O=C1CC(=O)/C(=C/c2ccnc(N3CCC(CCCc4ccc(F)cc4-c4ccco4)CC3)n2)S1. The van der Waals surface area contributed by atoms with E-state index >= 15 is 0 Å². The summed E-state index contributed by atoms with van der Waals surface area (Å²) in [7, 11) is 0. The molecule has 0 N–H and O–H groups in total. The van der Waals surface area contributed by atoms with Gasteiger partial charge in [0.1, 0.15) is 11.6 Å². The molecule has 35 heavy (non-hydrogen) atoms. The summed E-state index contributed by atoms with van der Waals surface area (Å²) in [4.78, 5) is 35.0. The number of furan rings is 1. The molecule has 180 valence electrons. The second kappa shape index (κ2) is 10.6. The van der Waals surface area contributed by atoms with Gasteiger partial charge in [-0.2, -0.15) is 0 Å². The Morgan fingerprint density at radius 3 is 2.77 bits per heavy atom. The lowest BCUT2D eigenvalue weighted by Gasteiger charge is -2.32. The first-order valence-corrected chi connectivity index (χ1v) is 12.7. The van der Waals surface area contributed by atoms with E-state index < -0.39 is 0 Å². The number of aryl methyl sites for hydroxylation is 1. The van der Waals surface area contributed by atoms with Gasteiger partial charge in [-0.1, -0.05) is 6.07 Å². The molecular formula is C27H26FN3O3S. The molecule has 2 aliphatic heterocycles. The maximum atomic E-state index is 13.8. The average Bonchev–Trinajstić information content (AvgIpc) is 3.50. The van der Waals surface area contributed by atoms with E-state index in [0.717, 1.165) is 68.1 Å². The van der Waals surface area contributed by atoms with Crippen molar-refractivity contribution in [1.82, 2.24) is 9.97 Å². The minimum atomic E-state index is -0.253.